The summed E-state index contributed by atoms with van der Waals surface area (Å²) < 4.78 is 69.4. The van der Waals surface area contributed by atoms with Crippen molar-refractivity contribution < 1.29 is 36.3 Å². The van der Waals surface area contributed by atoms with Crippen LogP contribution >= 0.6 is 7.75 Å². The van der Waals surface area contributed by atoms with Gasteiger partial charge in [-0.05, 0) is 20.8 Å². The fourth-order valence-corrected chi connectivity index (χ4v) is 4.46. The van der Waals surface area contributed by atoms with Crippen LogP contribution in [0.3, 0.4) is 0 Å². The van der Waals surface area contributed by atoms with Crippen LogP contribution < -0.4 is 0 Å². The lowest BCUT2D eigenvalue weighted by Crippen LogP contribution is -2.64. The van der Waals surface area contributed by atoms with Gasteiger partial charge < -0.3 is 4.74 Å². The van der Waals surface area contributed by atoms with Gasteiger partial charge in [-0.2, -0.15) is 17.8 Å². The molecule has 0 radical (unpaired) electrons. The first-order valence-corrected chi connectivity index (χ1v) is 8.56. The Hall–Kier alpha value is -0.890. The number of methoxy groups -OCH3 is 1. The number of carbonyl (C=O) groups is 1. The van der Waals surface area contributed by atoms with Crippen LogP contribution in [0.5, 0.6) is 0 Å². The zero-order chi connectivity index (χ0) is 17.9. The molecule has 0 aromatic heterocycles. The largest absolute Gasteiger partial charge is 0.467 e. The van der Waals surface area contributed by atoms with Gasteiger partial charge in [-0.25, -0.2) is 9.36 Å². The number of carbonyl (C=O) groups excluding carboxylic acids is 1. The molecule has 1 heterocycles. The van der Waals surface area contributed by atoms with E-state index in [-0.39, 0.29) is 13.2 Å². The Bertz CT molecular complexity index is 512. The van der Waals surface area contributed by atoms with E-state index in [0.717, 1.165) is 7.11 Å². The molecule has 0 spiro atoms. The van der Waals surface area contributed by atoms with Crippen LogP contribution in [0.1, 0.15) is 27.2 Å². The second kappa shape index (κ2) is 7.34. The Balaban J connectivity index is 3.56. The second-order valence-electron chi connectivity index (χ2n) is 4.96. The summed E-state index contributed by atoms with van der Waals surface area (Å²) in [5.74, 6) is -1.54. The molecule has 6 nitrogen and oxygen atoms in total. The quantitative estimate of drug-likeness (QED) is 0.412. The summed E-state index contributed by atoms with van der Waals surface area (Å²) >= 11 is 0. The highest BCUT2D eigenvalue weighted by Crippen LogP contribution is 2.60. The molecule has 10 heteroatoms. The van der Waals surface area contributed by atoms with Crippen molar-refractivity contribution >= 4 is 13.7 Å². The van der Waals surface area contributed by atoms with Gasteiger partial charge in [-0.3, -0.25) is 9.05 Å². The van der Waals surface area contributed by atoms with E-state index in [1.54, 1.807) is 0 Å². The molecule has 0 amide bonds. The first-order valence-electron chi connectivity index (χ1n) is 7.07. The summed E-state index contributed by atoms with van der Waals surface area (Å²) in [5.41, 5.74) is -2.77. The maximum atomic E-state index is 13.9. The van der Waals surface area contributed by atoms with Gasteiger partial charge in [0.25, 0.3) is 0 Å². The van der Waals surface area contributed by atoms with E-state index in [0.29, 0.717) is 10.2 Å². The monoisotopic (exact) mass is 359 g/mol. The molecule has 0 aromatic carbocycles. The van der Waals surface area contributed by atoms with E-state index in [2.05, 4.69) is 4.74 Å². The van der Waals surface area contributed by atoms with Crippen molar-refractivity contribution in [3.63, 3.8) is 0 Å². The zero-order valence-corrected chi connectivity index (χ0v) is 14.4. The highest BCUT2D eigenvalue weighted by atomic mass is 31.2. The van der Waals surface area contributed by atoms with Gasteiger partial charge in [0.2, 0.25) is 5.54 Å². The highest BCUT2D eigenvalue weighted by molar-refractivity contribution is 7.51. The Morgan fingerprint density at radius 1 is 1.35 bits per heavy atom. The molecule has 0 aromatic rings. The molecule has 23 heavy (non-hydrogen) atoms. The predicted molar refractivity (Wildman–Crippen MR) is 76.7 cm³/mol. The topological polar surface area (TPSA) is 65.1 Å². The smallest absolute Gasteiger partial charge is 0.418 e. The zero-order valence-electron chi connectivity index (χ0n) is 13.5. The third-order valence-corrected chi connectivity index (χ3v) is 5.73. The fourth-order valence-electron chi connectivity index (χ4n) is 2.49. The van der Waals surface area contributed by atoms with Crippen LogP contribution in [0.4, 0.5) is 13.2 Å². The maximum Gasteiger partial charge on any atom is 0.418 e. The summed E-state index contributed by atoms with van der Waals surface area (Å²) in [4.78, 5) is 12.1. The van der Waals surface area contributed by atoms with Crippen molar-refractivity contribution in [2.45, 2.75) is 38.9 Å². The van der Waals surface area contributed by atoms with Crippen LogP contribution in [0.15, 0.2) is 11.6 Å². The molecular weight excluding hydrogens is 338 g/mol. The van der Waals surface area contributed by atoms with E-state index in [1.165, 1.54) is 26.8 Å². The van der Waals surface area contributed by atoms with Crippen molar-refractivity contribution in [2.24, 2.45) is 0 Å². The molecule has 0 saturated carbocycles. The summed E-state index contributed by atoms with van der Waals surface area (Å²) in [6, 6.07) is 0. The molecule has 1 rings (SSSR count). The van der Waals surface area contributed by atoms with E-state index in [1.807, 2.05) is 0 Å². The Morgan fingerprint density at radius 3 is 2.26 bits per heavy atom. The molecule has 0 fully saturated rings. The van der Waals surface area contributed by atoms with E-state index < -0.39 is 38.4 Å². The predicted octanol–water partition coefficient (Wildman–Crippen LogP) is 3.29. The molecule has 1 atom stereocenters. The summed E-state index contributed by atoms with van der Waals surface area (Å²) in [7, 11) is -3.48. The van der Waals surface area contributed by atoms with Gasteiger partial charge >= 0.3 is 19.9 Å². The summed E-state index contributed by atoms with van der Waals surface area (Å²) in [6.07, 6.45) is -4.27. The minimum atomic E-state index is -5.03. The number of ether oxygens (including phenoxy) is 1. The third-order valence-electron chi connectivity index (χ3n) is 3.46. The minimum absolute atomic E-state index is 0.133. The minimum Gasteiger partial charge on any atom is -0.467 e. The van der Waals surface area contributed by atoms with Gasteiger partial charge in [0, 0.05) is 13.0 Å². The Morgan fingerprint density at radius 2 is 1.87 bits per heavy atom. The SMILES string of the molecule is CCOP(=O)(OCC)N1CC=C(C)C[C@]1(C(=O)OC)C(F)(F)F. The van der Waals surface area contributed by atoms with Gasteiger partial charge in [0.1, 0.15) is 0 Å². The second-order valence-corrected chi connectivity index (χ2v) is 6.90. The lowest BCUT2D eigenvalue weighted by atomic mass is 9.87. The average Bonchev–Trinajstić information content (AvgIpc) is 2.45. The van der Waals surface area contributed by atoms with Crippen LogP contribution in [-0.4, -0.2) is 49.2 Å². The van der Waals surface area contributed by atoms with Crippen LogP contribution in [-0.2, 0) is 23.1 Å². The van der Waals surface area contributed by atoms with Crippen molar-refractivity contribution in [1.29, 1.82) is 0 Å². The highest BCUT2D eigenvalue weighted by Gasteiger charge is 2.69. The van der Waals surface area contributed by atoms with Crippen molar-refractivity contribution in [3.05, 3.63) is 11.6 Å². The number of nitrogens with zero attached hydrogens (tertiary/aromatic N) is 1. The molecule has 0 aliphatic carbocycles. The van der Waals surface area contributed by atoms with Crippen LogP contribution in [0.25, 0.3) is 0 Å². The number of rotatable bonds is 6. The average molecular weight is 359 g/mol. The number of esters is 1. The Kier molecular flexibility index (Phi) is 6.43. The number of alkyl halides is 3. The lowest BCUT2D eigenvalue weighted by molar-refractivity contribution is -0.231. The standard InChI is InChI=1S/C13H21F3NO5P/c1-5-21-23(19,22-6-2)17-8-7-10(3)9-12(17,11(18)20-4)13(14,15)16/h7H,5-6,8-9H2,1-4H3/t12-/m0/s1. The normalized spacial score (nSPS) is 23.5. The van der Waals surface area contributed by atoms with E-state index >= 15 is 0 Å². The third kappa shape index (κ3) is 3.63. The molecule has 0 N–H and O–H groups in total. The first-order chi connectivity index (χ1) is 10.6. The van der Waals surface area contributed by atoms with Crippen molar-refractivity contribution in [2.75, 3.05) is 26.9 Å². The molecule has 0 unspecified atom stereocenters. The fraction of sp³-hybridized carbons (Fsp3) is 0.769. The van der Waals surface area contributed by atoms with Gasteiger partial charge in [-0.1, -0.05) is 11.6 Å². The molecule has 0 bridgehead atoms. The number of halogens is 3. The summed E-state index contributed by atoms with van der Waals surface area (Å²) in [6.45, 7) is 3.75. The van der Waals surface area contributed by atoms with Crippen LogP contribution in [0, 0.1) is 0 Å². The van der Waals surface area contributed by atoms with Gasteiger partial charge in [-0.15, -0.1) is 0 Å². The number of hydrogen-bond donors (Lipinski definition) is 0. The summed E-state index contributed by atoms with van der Waals surface area (Å²) in [5, 5.41) is 0. The molecule has 1 aliphatic rings. The lowest BCUT2D eigenvalue weighted by Gasteiger charge is -2.46. The molecule has 0 saturated heterocycles. The van der Waals surface area contributed by atoms with E-state index in [4.69, 9.17) is 9.05 Å². The first kappa shape index (κ1) is 20.2. The molecular formula is C13H21F3NO5P. The van der Waals surface area contributed by atoms with Crippen LogP contribution in [0.2, 0.25) is 0 Å². The van der Waals surface area contributed by atoms with Gasteiger partial charge in [0.15, 0.2) is 0 Å². The van der Waals surface area contributed by atoms with Gasteiger partial charge in [0.05, 0.1) is 20.3 Å². The number of hydrogen-bond acceptors (Lipinski definition) is 5. The molecule has 134 valence electrons. The molecule has 1 aliphatic heterocycles. The van der Waals surface area contributed by atoms with Crippen molar-refractivity contribution in [3.8, 4) is 0 Å². The maximum absolute atomic E-state index is 13.9. The van der Waals surface area contributed by atoms with Crippen molar-refractivity contribution in [1.82, 2.24) is 4.67 Å². The van der Waals surface area contributed by atoms with E-state index in [9.17, 15) is 22.5 Å². The Labute approximate surface area is 133 Å².